The minimum Gasteiger partial charge on any atom is -0.493 e. The summed E-state index contributed by atoms with van der Waals surface area (Å²) in [5.41, 5.74) is 15.0. The molecule has 0 unspecified atom stereocenters. The Kier molecular flexibility index (Phi) is 13.8. The Hall–Kier alpha value is -7.54. The number of carboxylic acid groups (broad SMARTS) is 1. The Bertz CT molecular complexity index is 3360. The molecule has 13 nitrogen and oxygen atoms in total. The van der Waals surface area contributed by atoms with Crippen LogP contribution in [0.15, 0.2) is 60.7 Å². The van der Waals surface area contributed by atoms with E-state index in [0.29, 0.717) is 103 Å². The number of methoxy groups -OCH3 is 1. The molecule has 0 spiro atoms. The molecule has 1 amide bonds. The highest BCUT2D eigenvalue weighted by Crippen LogP contribution is 2.47. The van der Waals surface area contributed by atoms with Gasteiger partial charge in [-0.05, 0) is 119 Å². The van der Waals surface area contributed by atoms with E-state index in [1.807, 2.05) is 65.0 Å². The standard InChI is InChI=1S/C59H65N5O8/c1-14-71-56(68)51-49(46-32(5)21-30(3)22-33(46)6)38-26-43-59(11,12)29-41(62-43)55(70-13)54-52(57(69)72-15-2)50(47-34(7)23-31(4)24-35(47)8)39(64-54)27-42-58(9,10)28-40(61-42)48(53(51)63-38)36-17-16-18-37(25-36)60-44(65)19-20-45(66)67/h16-18,21-27,63-64H,14-15,19-20,28-29H2,1-13H3,(H,60,65)(H,66,67). The van der Waals surface area contributed by atoms with E-state index in [4.69, 9.17) is 24.2 Å². The molecule has 3 aromatic carbocycles. The van der Waals surface area contributed by atoms with Crippen molar-refractivity contribution in [2.24, 2.45) is 0 Å². The highest BCUT2D eigenvalue weighted by Gasteiger charge is 2.37. The van der Waals surface area contributed by atoms with E-state index < -0.39 is 34.6 Å². The summed E-state index contributed by atoms with van der Waals surface area (Å²) in [7, 11) is 1.59. The van der Waals surface area contributed by atoms with E-state index in [0.717, 1.165) is 44.5 Å². The number of nitrogens with zero attached hydrogens (tertiary/aromatic N) is 2. The maximum atomic E-state index is 15.0. The lowest BCUT2D eigenvalue weighted by Crippen LogP contribution is -2.15. The molecular formula is C59H65N5O8. The van der Waals surface area contributed by atoms with Crippen LogP contribution in [0, 0.1) is 41.5 Å². The largest absolute Gasteiger partial charge is 0.493 e. The van der Waals surface area contributed by atoms with Crippen LogP contribution in [0.3, 0.4) is 0 Å². The molecule has 8 bridgehead atoms. The van der Waals surface area contributed by atoms with Crippen molar-refractivity contribution in [1.82, 2.24) is 19.9 Å². The van der Waals surface area contributed by atoms with Crippen molar-refractivity contribution < 1.29 is 38.5 Å². The number of aromatic amines is 2. The molecule has 374 valence electrons. The first-order chi connectivity index (χ1) is 34.1. The monoisotopic (exact) mass is 971 g/mol. The summed E-state index contributed by atoms with van der Waals surface area (Å²) in [5.74, 6) is -2.17. The van der Waals surface area contributed by atoms with Gasteiger partial charge in [-0.1, -0.05) is 75.2 Å². The first-order valence-corrected chi connectivity index (χ1v) is 24.6. The second-order valence-electron chi connectivity index (χ2n) is 20.5. The fourth-order valence-corrected chi connectivity index (χ4v) is 10.8. The first-order valence-electron chi connectivity index (χ1n) is 24.6. The summed E-state index contributed by atoms with van der Waals surface area (Å²) in [5, 5.41) is 12.2. The van der Waals surface area contributed by atoms with Crippen molar-refractivity contribution in [3.63, 3.8) is 0 Å². The minimum atomic E-state index is -1.07. The van der Waals surface area contributed by atoms with E-state index in [1.165, 1.54) is 0 Å². The summed E-state index contributed by atoms with van der Waals surface area (Å²) in [6.45, 7) is 24.6. The number of anilines is 1. The van der Waals surface area contributed by atoms with Gasteiger partial charge in [0.1, 0.15) is 0 Å². The van der Waals surface area contributed by atoms with Gasteiger partial charge in [-0.2, -0.15) is 0 Å². The highest BCUT2D eigenvalue weighted by molar-refractivity contribution is 6.14. The van der Waals surface area contributed by atoms with Crippen LogP contribution >= 0.6 is 0 Å². The maximum absolute atomic E-state index is 15.0. The molecule has 0 aliphatic carbocycles. The molecule has 3 aromatic heterocycles. The van der Waals surface area contributed by atoms with Gasteiger partial charge in [-0.25, -0.2) is 9.59 Å². The molecule has 4 N–H and O–H groups in total. The van der Waals surface area contributed by atoms with Crippen molar-refractivity contribution in [3.05, 3.63) is 128 Å². The molecule has 0 atom stereocenters. The number of fused-ring (bicyclic) bond motifs is 8. The van der Waals surface area contributed by atoms with Crippen LogP contribution in [-0.2, 0) is 42.7 Å². The predicted octanol–water partition coefficient (Wildman–Crippen LogP) is 12.4. The number of amides is 1. The fourth-order valence-electron chi connectivity index (χ4n) is 10.8. The second-order valence-corrected chi connectivity index (χ2v) is 20.5. The SMILES string of the molecule is CCOC(=O)c1c(-c2c(C)cc(C)cc2C)c2cc3nc(c(-c4cccc(NC(=O)CCC(=O)O)c4)c4[nH]c(cc5nc(c(OC)c1[nH]2)CC5(C)C)c(-c1c(C)cc(C)cc1C)c4C(=O)OCC)CC3(C)C. The molecule has 2 aliphatic heterocycles. The summed E-state index contributed by atoms with van der Waals surface area (Å²) >= 11 is 0. The average molecular weight is 972 g/mol. The first kappa shape index (κ1) is 50.8. The molecule has 8 rings (SSSR count). The van der Waals surface area contributed by atoms with Crippen LogP contribution in [0.5, 0.6) is 5.75 Å². The van der Waals surface area contributed by atoms with Crippen molar-refractivity contribution in [2.75, 3.05) is 25.6 Å². The normalized spacial score (nSPS) is 13.7. The molecule has 5 heterocycles. The van der Waals surface area contributed by atoms with Crippen molar-refractivity contribution in [2.45, 2.75) is 120 Å². The number of H-pyrrole nitrogens is 2. The zero-order chi connectivity index (χ0) is 52.1. The molecule has 0 radical (unpaired) electrons. The second kappa shape index (κ2) is 19.6. The van der Waals surface area contributed by atoms with Crippen LogP contribution in [0.25, 0.3) is 55.4 Å². The van der Waals surface area contributed by atoms with E-state index in [-0.39, 0.29) is 26.1 Å². The molecule has 0 fully saturated rings. The van der Waals surface area contributed by atoms with Gasteiger partial charge in [0, 0.05) is 74.9 Å². The summed E-state index contributed by atoms with van der Waals surface area (Å²) in [4.78, 5) is 72.6. The van der Waals surface area contributed by atoms with Gasteiger partial charge in [-0.3, -0.25) is 19.6 Å². The number of esters is 2. The number of carboxylic acids is 1. The third-order valence-corrected chi connectivity index (χ3v) is 13.8. The smallest absolute Gasteiger partial charge is 0.341 e. The predicted molar refractivity (Wildman–Crippen MR) is 283 cm³/mol. The number of carbonyl (C=O) groups excluding carboxylic acids is 3. The zero-order valence-corrected chi connectivity index (χ0v) is 43.7. The van der Waals surface area contributed by atoms with Gasteiger partial charge in [0.05, 0.1) is 60.3 Å². The summed E-state index contributed by atoms with van der Waals surface area (Å²) < 4.78 is 18.3. The van der Waals surface area contributed by atoms with Crippen LogP contribution in [0.4, 0.5) is 5.69 Å². The molecule has 13 heteroatoms. The number of nitrogens with one attached hydrogen (secondary N) is 3. The third kappa shape index (κ3) is 9.52. The molecule has 0 saturated heterocycles. The van der Waals surface area contributed by atoms with Crippen LogP contribution in [0.2, 0.25) is 0 Å². The number of hydrogen-bond donors (Lipinski definition) is 4. The van der Waals surface area contributed by atoms with Crippen molar-refractivity contribution >= 4 is 51.6 Å². The minimum absolute atomic E-state index is 0.115. The number of aromatic nitrogens is 4. The van der Waals surface area contributed by atoms with Gasteiger partial charge >= 0.3 is 17.9 Å². The Morgan fingerprint density at radius 1 is 0.625 bits per heavy atom. The van der Waals surface area contributed by atoms with Gasteiger partial charge in [0.15, 0.2) is 5.75 Å². The topological polar surface area (TPSA) is 186 Å². The average Bonchev–Trinajstić information content (AvgIpc) is 4.00. The van der Waals surface area contributed by atoms with Crippen molar-refractivity contribution in [3.8, 4) is 39.1 Å². The molecule has 2 aliphatic rings. The third-order valence-electron chi connectivity index (χ3n) is 13.8. The van der Waals surface area contributed by atoms with E-state index in [9.17, 15) is 19.5 Å². The lowest BCUT2D eigenvalue weighted by atomic mass is 9.84. The lowest BCUT2D eigenvalue weighted by molar-refractivity contribution is -0.138. The van der Waals surface area contributed by atoms with Crippen molar-refractivity contribution in [1.29, 1.82) is 0 Å². The van der Waals surface area contributed by atoms with Gasteiger partial charge < -0.3 is 34.6 Å². The van der Waals surface area contributed by atoms with Gasteiger partial charge in [0.25, 0.3) is 0 Å². The zero-order valence-electron chi connectivity index (χ0n) is 43.7. The number of aryl methyl sites for hydroxylation is 6. The van der Waals surface area contributed by atoms with Crippen LogP contribution in [0.1, 0.15) is 131 Å². The number of carbonyl (C=O) groups is 4. The summed E-state index contributed by atoms with van der Waals surface area (Å²) in [6, 6.07) is 19.7. The van der Waals surface area contributed by atoms with Gasteiger partial charge in [0.2, 0.25) is 5.91 Å². The Labute approximate surface area is 420 Å². The molecular weight excluding hydrogens is 907 g/mol. The molecule has 72 heavy (non-hydrogen) atoms. The number of rotatable bonds is 12. The Balaban J connectivity index is 1.66. The van der Waals surface area contributed by atoms with E-state index >= 15 is 4.79 Å². The number of ether oxygens (including phenoxy) is 3. The van der Waals surface area contributed by atoms with Gasteiger partial charge in [-0.15, -0.1) is 0 Å². The Morgan fingerprint density at radius 2 is 1.10 bits per heavy atom. The molecule has 0 saturated carbocycles. The summed E-state index contributed by atoms with van der Waals surface area (Å²) in [6.07, 6.45) is 0.314. The number of hydrogen-bond acceptors (Lipinski definition) is 9. The number of benzene rings is 3. The number of aliphatic carboxylic acids is 1. The lowest BCUT2D eigenvalue weighted by Gasteiger charge is -2.17. The molecule has 6 aromatic rings. The van der Waals surface area contributed by atoms with Crippen LogP contribution in [-0.4, -0.2) is 69.2 Å². The van der Waals surface area contributed by atoms with E-state index in [2.05, 4.69) is 74.2 Å². The fraction of sp³-hybridized carbons (Fsp3) is 0.356. The quantitative estimate of drug-likeness (QED) is 0.0860. The maximum Gasteiger partial charge on any atom is 0.341 e. The highest BCUT2D eigenvalue weighted by atomic mass is 16.5. The van der Waals surface area contributed by atoms with Crippen LogP contribution < -0.4 is 10.1 Å². The Morgan fingerprint density at radius 3 is 1.58 bits per heavy atom. The van der Waals surface area contributed by atoms with E-state index in [1.54, 1.807) is 27.0 Å².